The summed E-state index contributed by atoms with van der Waals surface area (Å²) in [6, 6.07) is 12.9. The first-order valence-electron chi connectivity index (χ1n) is 7.12. The standard InChI is InChI=1S/C17H15BrN2O2/c18-13-5-1-2-6-15(13)20-17(22)12-8-9-14-11(10-12)4-3-7-16(21)19-14/h1-2,5-6,8-10H,3-4,7H2,(H,19,21)(H,20,22). The molecule has 3 rings (SSSR count). The first-order valence-corrected chi connectivity index (χ1v) is 7.91. The van der Waals surface area contributed by atoms with Gasteiger partial charge >= 0.3 is 0 Å². The van der Waals surface area contributed by atoms with Crippen molar-refractivity contribution in [2.75, 3.05) is 10.6 Å². The molecule has 112 valence electrons. The number of carbonyl (C=O) groups excluding carboxylic acids is 2. The fourth-order valence-electron chi connectivity index (χ4n) is 2.47. The number of benzene rings is 2. The second-order valence-corrected chi connectivity index (χ2v) is 6.06. The number of hydrogen-bond donors (Lipinski definition) is 2. The van der Waals surface area contributed by atoms with E-state index in [4.69, 9.17) is 0 Å². The number of aryl methyl sites for hydroxylation is 1. The van der Waals surface area contributed by atoms with Crippen molar-refractivity contribution in [1.29, 1.82) is 0 Å². The van der Waals surface area contributed by atoms with Crippen LogP contribution in [0.4, 0.5) is 11.4 Å². The van der Waals surface area contributed by atoms with Crippen molar-refractivity contribution >= 4 is 39.1 Å². The highest BCUT2D eigenvalue weighted by molar-refractivity contribution is 9.10. The largest absolute Gasteiger partial charge is 0.326 e. The lowest BCUT2D eigenvalue weighted by Gasteiger charge is -2.10. The Balaban J connectivity index is 1.83. The first kappa shape index (κ1) is 14.8. The van der Waals surface area contributed by atoms with Crippen LogP contribution in [0, 0.1) is 0 Å². The van der Waals surface area contributed by atoms with Crippen molar-refractivity contribution in [2.24, 2.45) is 0 Å². The summed E-state index contributed by atoms with van der Waals surface area (Å²) >= 11 is 3.41. The predicted molar refractivity (Wildman–Crippen MR) is 90.1 cm³/mol. The molecule has 0 saturated carbocycles. The fraction of sp³-hybridized carbons (Fsp3) is 0.176. The molecule has 0 radical (unpaired) electrons. The van der Waals surface area contributed by atoms with Crippen LogP contribution in [0.15, 0.2) is 46.9 Å². The molecule has 0 aliphatic carbocycles. The molecule has 2 aromatic carbocycles. The average molecular weight is 359 g/mol. The molecule has 5 heteroatoms. The Morgan fingerprint density at radius 2 is 1.95 bits per heavy atom. The molecule has 2 amide bonds. The van der Waals surface area contributed by atoms with E-state index in [1.54, 1.807) is 12.1 Å². The van der Waals surface area contributed by atoms with Crippen molar-refractivity contribution in [1.82, 2.24) is 0 Å². The average Bonchev–Trinajstić information content (AvgIpc) is 2.69. The monoisotopic (exact) mass is 358 g/mol. The van der Waals surface area contributed by atoms with Gasteiger partial charge in [-0.3, -0.25) is 9.59 Å². The van der Waals surface area contributed by atoms with Gasteiger partial charge in [0.1, 0.15) is 0 Å². The normalized spacial score (nSPS) is 13.8. The molecule has 1 aliphatic heterocycles. The Bertz CT molecular complexity index is 743. The van der Waals surface area contributed by atoms with Crippen LogP contribution in [0.5, 0.6) is 0 Å². The van der Waals surface area contributed by atoms with Crippen LogP contribution in [-0.2, 0) is 11.2 Å². The van der Waals surface area contributed by atoms with Gasteiger partial charge in [-0.1, -0.05) is 12.1 Å². The van der Waals surface area contributed by atoms with Gasteiger partial charge in [0.05, 0.1) is 5.69 Å². The zero-order chi connectivity index (χ0) is 15.5. The Morgan fingerprint density at radius 1 is 1.14 bits per heavy atom. The van der Waals surface area contributed by atoms with E-state index in [-0.39, 0.29) is 11.8 Å². The number of anilines is 2. The molecule has 0 aromatic heterocycles. The molecule has 1 aliphatic rings. The highest BCUT2D eigenvalue weighted by atomic mass is 79.9. The van der Waals surface area contributed by atoms with Gasteiger partial charge in [-0.2, -0.15) is 0 Å². The topological polar surface area (TPSA) is 58.2 Å². The Labute approximate surface area is 137 Å². The van der Waals surface area contributed by atoms with Crippen molar-refractivity contribution in [3.8, 4) is 0 Å². The second kappa shape index (κ2) is 6.32. The third kappa shape index (κ3) is 3.20. The lowest BCUT2D eigenvalue weighted by molar-refractivity contribution is -0.116. The van der Waals surface area contributed by atoms with Crippen LogP contribution < -0.4 is 10.6 Å². The number of rotatable bonds is 2. The summed E-state index contributed by atoms with van der Waals surface area (Å²) in [7, 11) is 0. The summed E-state index contributed by atoms with van der Waals surface area (Å²) in [6.45, 7) is 0. The van der Waals surface area contributed by atoms with Gasteiger partial charge < -0.3 is 10.6 Å². The zero-order valence-corrected chi connectivity index (χ0v) is 13.4. The lowest BCUT2D eigenvalue weighted by atomic mass is 10.0. The fourth-order valence-corrected chi connectivity index (χ4v) is 2.86. The smallest absolute Gasteiger partial charge is 0.255 e. The minimum atomic E-state index is -0.162. The zero-order valence-electron chi connectivity index (χ0n) is 11.9. The van der Waals surface area contributed by atoms with Gasteiger partial charge in [-0.05, 0) is 64.7 Å². The number of halogens is 1. The van der Waals surface area contributed by atoms with Crippen LogP contribution in [0.2, 0.25) is 0 Å². The van der Waals surface area contributed by atoms with Gasteiger partial charge in [0.25, 0.3) is 5.91 Å². The molecular weight excluding hydrogens is 344 g/mol. The third-order valence-corrected chi connectivity index (χ3v) is 4.31. The molecule has 2 N–H and O–H groups in total. The summed E-state index contributed by atoms with van der Waals surface area (Å²) in [5.74, 6) is -0.130. The quantitative estimate of drug-likeness (QED) is 0.852. The lowest BCUT2D eigenvalue weighted by Crippen LogP contribution is -2.13. The molecule has 0 saturated heterocycles. The molecule has 22 heavy (non-hydrogen) atoms. The maximum atomic E-state index is 12.4. The van der Waals surface area contributed by atoms with Crippen molar-refractivity contribution in [2.45, 2.75) is 19.3 Å². The van der Waals surface area contributed by atoms with Gasteiger partial charge in [0.2, 0.25) is 5.91 Å². The Hall–Kier alpha value is -2.14. The number of para-hydroxylation sites is 1. The molecule has 2 aromatic rings. The van der Waals surface area contributed by atoms with E-state index < -0.39 is 0 Å². The second-order valence-electron chi connectivity index (χ2n) is 5.21. The predicted octanol–water partition coefficient (Wildman–Crippen LogP) is 3.98. The van der Waals surface area contributed by atoms with Crippen molar-refractivity contribution in [3.63, 3.8) is 0 Å². The number of fused-ring (bicyclic) bond motifs is 1. The molecule has 0 unspecified atom stereocenters. The van der Waals surface area contributed by atoms with E-state index in [2.05, 4.69) is 26.6 Å². The highest BCUT2D eigenvalue weighted by Crippen LogP contribution is 2.25. The van der Waals surface area contributed by atoms with Crippen molar-refractivity contribution in [3.05, 3.63) is 58.1 Å². The van der Waals surface area contributed by atoms with Crippen LogP contribution >= 0.6 is 15.9 Å². The molecular formula is C17H15BrN2O2. The third-order valence-electron chi connectivity index (χ3n) is 3.61. The molecule has 0 atom stereocenters. The molecule has 0 spiro atoms. The number of carbonyl (C=O) groups is 2. The van der Waals surface area contributed by atoms with E-state index in [1.807, 2.05) is 30.3 Å². The molecule has 4 nitrogen and oxygen atoms in total. The maximum Gasteiger partial charge on any atom is 0.255 e. The molecule has 0 fully saturated rings. The van der Waals surface area contributed by atoms with Crippen LogP contribution in [0.3, 0.4) is 0 Å². The number of amides is 2. The van der Waals surface area contributed by atoms with E-state index >= 15 is 0 Å². The van der Waals surface area contributed by atoms with E-state index in [9.17, 15) is 9.59 Å². The molecule has 1 heterocycles. The first-order chi connectivity index (χ1) is 10.6. The van der Waals surface area contributed by atoms with E-state index in [0.29, 0.717) is 12.0 Å². The van der Waals surface area contributed by atoms with Crippen LogP contribution in [0.25, 0.3) is 0 Å². The Morgan fingerprint density at radius 3 is 2.77 bits per heavy atom. The maximum absolute atomic E-state index is 12.4. The van der Waals surface area contributed by atoms with Crippen LogP contribution in [-0.4, -0.2) is 11.8 Å². The number of hydrogen-bond acceptors (Lipinski definition) is 2. The highest BCUT2D eigenvalue weighted by Gasteiger charge is 2.15. The summed E-state index contributed by atoms with van der Waals surface area (Å²) < 4.78 is 0.838. The van der Waals surface area contributed by atoms with Gasteiger partial charge in [0.15, 0.2) is 0 Å². The minimum Gasteiger partial charge on any atom is -0.326 e. The minimum absolute atomic E-state index is 0.0316. The number of nitrogens with one attached hydrogen (secondary N) is 2. The van der Waals surface area contributed by atoms with Gasteiger partial charge in [-0.25, -0.2) is 0 Å². The Kier molecular flexibility index (Phi) is 4.24. The summed E-state index contributed by atoms with van der Waals surface area (Å²) in [4.78, 5) is 23.9. The van der Waals surface area contributed by atoms with E-state index in [0.717, 1.165) is 34.3 Å². The SMILES string of the molecule is O=C1CCCc2cc(C(=O)Nc3ccccc3Br)ccc2N1. The van der Waals surface area contributed by atoms with Gasteiger partial charge in [-0.15, -0.1) is 0 Å². The molecule has 0 bridgehead atoms. The van der Waals surface area contributed by atoms with E-state index in [1.165, 1.54) is 0 Å². The summed E-state index contributed by atoms with van der Waals surface area (Å²) in [5, 5.41) is 5.75. The van der Waals surface area contributed by atoms with Crippen molar-refractivity contribution < 1.29 is 9.59 Å². The van der Waals surface area contributed by atoms with Crippen LogP contribution in [0.1, 0.15) is 28.8 Å². The summed E-state index contributed by atoms with van der Waals surface area (Å²) in [6.07, 6.45) is 2.12. The van der Waals surface area contributed by atoms with Gasteiger partial charge in [0, 0.05) is 22.1 Å². The summed E-state index contributed by atoms with van der Waals surface area (Å²) in [5.41, 5.74) is 3.13.